The van der Waals surface area contributed by atoms with E-state index < -0.39 is 24.0 Å². The summed E-state index contributed by atoms with van der Waals surface area (Å²) < 4.78 is 43.5. The highest BCUT2D eigenvalue weighted by atomic mass is 32.1. The highest BCUT2D eigenvalue weighted by molar-refractivity contribution is 7.09. The first kappa shape index (κ1) is 14.3. The van der Waals surface area contributed by atoms with Gasteiger partial charge in [-0.25, -0.2) is 4.98 Å². The Hall–Kier alpha value is -1.11. The summed E-state index contributed by atoms with van der Waals surface area (Å²) >= 11 is 1.31. The van der Waals surface area contributed by atoms with Crippen LogP contribution in [0.5, 0.6) is 0 Å². The van der Waals surface area contributed by atoms with Crippen molar-refractivity contribution in [2.24, 2.45) is 11.8 Å². The van der Waals surface area contributed by atoms with Gasteiger partial charge in [-0.2, -0.15) is 13.2 Å². The second-order valence-corrected chi connectivity index (χ2v) is 5.55. The predicted molar refractivity (Wildman–Crippen MR) is 63.4 cm³/mol. The minimum absolute atomic E-state index is 0.0144. The van der Waals surface area contributed by atoms with E-state index in [4.69, 9.17) is 4.74 Å². The van der Waals surface area contributed by atoms with Crippen molar-refractivity contribution in [2.45, 2.75) is 38.5 Å². The SMILES string of the molecule is O=C(OCc1nccs1)[C@H]1CCCC[C@@H]1C(F)(F)F. The number of carbonyl (C=O) groups excluding carboxylic acids is 1. The van der Waals surface area contributed by atoms with Gasteiger partial charge in [0.05, 0.1) is 11.8 Å². The molecule has 0 radical (unpaired) electrons. The minimum Gasteiger partial charge on any atom is -0.458 e. The molecule has 1 aliphatic carbocycles. The molecule has 0 bridgehead atoms. The van der Waals surface area contributed by atoms with Gasteiger partial charge in [0.2, 0.25) is 0 Å². The van der Waals surface area contributed by atoms with Crippen LogP contribution in [-0.4, -0.2) is 17.1 Å². The molecule has 0 unspecified atom stereocenters. The van der Waals surface area contributed by atoms with Crippen molar-refractivity contribution < 1.29 is 22.7 Å². The Balaban J connectivity index is 1.95. The van der Waals surface area contributed by atoms with Gasteiger partial charge in [-0.3, -0.25) is 4.79 Å². The van der Waals surface area contributed by atoms with Crippen LogP contribution >= 0.6 is 11.3 Å². The van der Waals surface area contributed by atoms with E-state index in [1.807, 2.05) is 0 Å². The summed E-state index contributed by atoms with van der Waals surface area (Å²) in [5.41, 5.74) is 0. The van der Waals surface area contributed by atoms with Crippen molar-refractivity contribution in [2.75, 3.05) is 0 Å². The number of hydrogen-bond donors (Lipinski definition) is 0. The number of hydrogen-bond acceptors (Lipinski definition) is 4. The van der Waals surface area contributed by atoms with E-state index in [2.05, 4.69) is 4.98 Å². The number of esters is 1. The normalized spacial score (nSPS) is 24.2. The van der Waals surface area contributed by atoms with Crippen LogP contribution in [0.25, 0.3) is 0 Å². The first-order valence-corrected chi connectivity index (χ1v) is 6.98. The van der Waals surface area contributed by atoms with Crippen LogP contribution in [0.15, 0.2) is 11.6 Å². The lowest BCUT2D eigenvalue weighted by atomic mass is 9.79. The van der Waals surface area contributed by atoms with Crippen molar-refractivity contribution in [1.82, 2.24) is 4.98 Å². The largest absolute Gasteiger partial charge is 0.458 e. The Labute approximate surface area is 112 Å². The molecule has 0 N–H and O–H groups in total. The summed E-state index contributed by atoms with van der Waals surface area (Å²) in [6.07, 6.45) is -1.34. The van der Waals surface area contributed by atoms with E-state index >= 15 is 0 Å². The Kier molecular flexibility index (Phi) is 4.44. The second kappa shape index (κ2) is 5.90. The molecule has 106 valence electrons. The van der Waals surface area contributed by atoms with Crippen LogP contribution < -0.4 is 0 Å². The number of rotatable bonds is 3. The molecule has 0 amide bonds. The fraction of sp³-hybridized carbons (Fsp3) is 0.667. The van der Waals surface area contributed by atoms with E-state index in [-0.39, 0.29) is 19.4 Å². The van der Waals surface area contributed by atoms with Gasteiger partial charge in [0.15, 0.2) is 0 Å². The standard InChI is InChI=1S/C12H14F3NO2S/c13-12(14,15)9-4-2-1-3-8(9)11(17)18-7-10-16-5-6-19-10/h5-6,8-9H,1-4,7H2/t8-,9-/m0/s1. The van der Waals surface area contributed by atoms with Crippen LogP contribution in [0, 0.1) is 11.8 Å². The summed E-state index contributed by atoms with van der Waals surface area (Å²) in [6.45, 7) is -0.0441. The topological polar surface area (TPSA) is 39.2 Å². The van der Waals surface area contributed by atoms with Gasteiger partial charge in [0.1, 0.15) is 11.6 Å². The molecule has 19 heavy (non-hydrogen) atoms. The highest BCUT2D eigenvalue weighted by Gasteiger charge is 2.48. The smallest absolute Gasteiger partial charge is 0.392 e. The lowest BCUT2D eigenvalue weighted by Gasteiger charge is -2.31. The average Bonchev–Trinajstić information content (AvgIpc) is 2.88. The molecule has 0 saturated heterocycles. The molecule has 1 aromatic rings. The molecular formula is C12H14F3NO2S. The lowest BCUT2D eigenvalue weighted by molar-refractivity contribution is -0.205. The highest BCUT2D eigenvalue weighted by Crippen LogP contribution is 2.42. The van der Waals surface area contributed by atoms with Gasteiger partial charge < -0.3 is 4.74 Å². The molecule has 1 aliphatic rings. The second-order valence-electron chi connectivity index (χ2n) is 4.57. The van der Waals surface area contributed by atoms with Crippen molar-refractivity contribution in [3.05, 3.63) is 16.6 Å². The van der Waals surface area contributed by atoms with E-state index in [9.17, 15) is 18.0 Å². The van der Waals surface area contributed by atoms with Crippen molar-refractivity contribution in [3.8, 4) is 0 Å². The van der Waals surface area contributed by atoms with Crippen molar-refractivity contribution in [1.29, 1.82) is 0 Å². The third kappa shape index (κ3) is 3.68. The first-order valence-electron chi connectivity index (χ1n) is 6.10. The summed E-state index contributed by atoms with van der Waals surface area (Å²) in [5.74, 6) is -3.38. The third-order valence-electron chi connectivity index (χ3n) is 3.31. The number of ether oxygens (including phenoxy) is 1. The maximum Gasteiger partial charge on any atom is 0.392 e. The predicted octanol–water partition coefficient (Wildman–Crippen LogP) is 3.56. The summed E-state index contributed by atoms with van der Waals surface area (Å²) in [4.78, 5) is 15.7. The number of carbonyl (C=O) groups is 1. The van der Waals surface area contributed by atoms with Gasteiger partial charge in [0.25, 0.3) is 0 Å². The number of nitrogens with zero attached hydrogens (tertiary/aromatic N) is 1. The average molecular weight is 293 g/mol. The van der Waals surface area contributed by atoms with Crippen LogP contribution in [0.1, 0.15) is 30.7 Å². The number of aromatic nitrogens is 1. The molecule has 2 atom stereocenters. The molecule has 3 nitrogen and oxygen atoms in total. The quantitative estimate of drug-likeness (QED) is 0.800. The number of halogens is 3. The third-order valence-corrected chi connectivity index (χ3v) is 4.06. The van der Waals surface area contributed by atoms with Gasteiger partial charge >= 0.3 is 12.1 Å². The van der Waals surface area contributed by atoms with Gasteiger partial charge in [-0.15, -0.1) is 11.3 Å². The maximum atomic E-state index is 12.8. The van der Waals surface area contributed by atoms with Gasteiger partial charge in [-0.05, 0) is 12.8 Å². The molecule has 0 aromatic carbocycles. The number of thiazole rings is 1. The molecule has 1 saturated carbocycles. The zero-order chi connectivity index (χ0) is 13.9. The fourth-order valence-electron chi connectivity index (χ4n) is 2.37. The summed E-state index contributed by atoms with van der Waals surface area (Å²) in [5, 5.41) is 2.31. The summed E-state index contributed by atoms with van der Waals surface area (Å²) in [7, 11) is 0. The number of alkyl halides is 3. The van der Waals surface area contributed by atoms with E-state index in [1.165, 1.54) is 11.3 Å². The monoisotopic (exact) mass is 293 g/mol. The lowest BCUT2D eigenvalue weighted by Crippen LogP contribution is -2.38. The molecule has 7 heteroatoms. The molecule has 1 fully saturated rings. The van der Waals surface area contributed by atoms with Crippen LogP contribution in [-0.2, 0) is 16.1 Å². The van der Waals surface area contributed by atoms with E-state index in [0.29, 0.717) is 17.8 Å². The molecule has 2 rings (SSSR count). The summed E-state index contributed by atoms with van der Waals surface area (Å²) in [6, 6.07) is 0. The van der Waals surface area contributed by atoms with Gasteiger partial charge in [-0.1, -0.05) is 12.8 Å². The maximum absolute atomic E-state index is 12.8. The molecule has 1 heterocycles. The van der Waals surface area contributed by atoms with Crippen LogP contribution in [0.4, 0.5) is 13.2 Å². The van der Waals surface area contributed by atoms with Crippen molar-refractivity contribution >= 4 is 17.3 Å². The zero-order valence-corrected chi connectivity index (χ0v) is 11.0. The molecule has 0 aliphatic heterocycles. The van der Waals surface area contributed by atoms with Crippen LogP contribution in [0.2, 0.25) is 0 Å². The first-order chi connectivity index (χ1) is 8.98. The zero-order valence-electron chi connectivity index (χ0n) is 10.2. The Morgan fingerprint density at radius 3 is 2.79 bits per heavy atom. The van der Waals surface area contributed by atoms with Crippen LogP contribution in [0.3, 0.4) is 0 Å². The van der Waals surface area contributed by atoms with Gasteiger partial charge in [0, 0.05) is 11.6 Å². The Morgan fingerprint density at radius 1 is 1.42 bits per heavy atom. The fourth-order valence-corrected chi connectivity index (χ4v) is 2.90. The molecule has 1 aromatic heterocycles. The Morgan fingerprint density at radius 2 is 2.16 bits per heavy atom. The van der Waals surface area contributed by atoms with E-state index in [0.717, 1.165) is 0 Å². The molecular weight excluding hydrogens is 279 g/mol. The minimum atomic E-state index is -4.33. The Bertz CT molecular complexity index is 419. The van der Waals surface area contributed by atoms with Crippen molar-refractivity contribution in [3.63, 3.8) is 0 Å². The molecule has 0 spiro atoms. The van der Waals surface area contributed by atoms with E-state index in [1.54, 1.807) is 11.6 Å².